The first-order chi connectivity index (χ1) is 9.42. The van der Waals surface area contributed by atoms with Gasteiger partial charge in [0.25, 0.3) is 0 Å². The van der Waals surface area contributed by atoms with Crippen LogP contribution in [-0.4, -0.2) is 25.0 Å². The van der Waals surface area contributed by atoms with Gasteiger partial charge in [0.15, 0.2) is 0 Å². The van der Waals surface area contributed by atoms with E-state index in [4.69, 9.17) is 5.73 Å². The normalized spacial score (nSPS) is 11.7. The number of hydrogen-bond donors (Lipinski definition) is 1. The summed E-state index contributed by atoms with van der Waals surface area (Å²) >= 11 is 1.61. The molecule has 1 rings (SSSR count). The average molecular weight is 306 g/mol. The molecule has 0 aliphatic rings. The van der Waals surface area contributed by atoms with E-state index in [1.807, 2.05) is 19.9 Å². The van der Waals surface area contributed by atoms with Gasteiger partial charge in [0.1, 0.15) is 6.54 Å². The van der Waals surface area contributed by atoms with Crippen molar-refractivity contribution in [3.05, 3.63) is 23.8 Å². The lowest BCUT2D eigenvalue weighted by atomic mass is 10.1. The minimum absolute atomic E-state index is 0.247. The van der Waals surface area contributed by atoms with Gasteiger partial charge >= 0.3 is 6.18 Å². The van der Waals surface area contributed by atoms with Gasteiger partial charge in [0, 0.05) is 29.2 Å². The summed E-state index contributed by atoms with van der Waals surface area (Å²) in [7, 11) is 0. The standard InChI is InChI=1S/C14H21F3N2S/c1-3-8-19(10-14(15,16)17)12-6-5-7-13(20-4-2)11(12)9-18/h5-7H,3-4,8-10,18H2,1-2H3. The zero-order valence-corrected chi connectivity index (χ0v) is 12.7. The Hall–Kier alpha value is -0.880. The molecule has 20 heavy (non-hydrogen) atoms. The number of nitrogens with zero attached hydrogens (tertiary/aromatic N) is 1. The summed E-state index contributed by atoms with van der Waals surface area (Å²) in [5.41, 5.74) is 7.16. The van der Waals surface area contributed by atoms with Crippen LogP contribution in [0.4, 0.5) is 18.9 Å². The Morgan fingerprint density at radius 2 is 1.95 bits per heavy atom. The van der Waals surface area contributed by atoms with Crippen molar-refractivity contribution in [2.45, 2.75) is 37.9 Å². The number of alkyl halides is 3. The minimum atomic E-state index is -4.21. The number of benzene rings is 1. The zero-order chi connectivity index (χ0) is 15.2. The molecule has 0 atom stereocenters. The third-order valence-electron chi connectivity index (χ3n) is 2.82. The summed E-state index contributed by atoms with van der Waals surface area (Å²) in [5.74, 6) is 0.865. The van der Waals surface area contributed by atoms with Crippen LogP contribution in [0.1, 0.15) is 25.8 Å². The first-order valence-corrected chi connectivity index (χ1v) is 7.67. The fourth-order valence-electron chi connectivity index (χ4n) is 2.12. The van der Waals surface area contributed by atoms with Crippen LogP contribution < -0.4 is 10.6 Å². The second-order valence-corrected chi connectivity index (χ2v) is 5.73. The lowest BCUT2D eigenvalue weighted by Crippen LogP contribution is -2.35. The van der Waals surface area contributed by atoms with Gasteiger partial charge in [0.05, 0.1) is 0 Å². The second kappa shape index (κ2) is 7.78. The number of hydrogen-bond acceptors (Lipinski definition) is 3. The molecule has 1 aromatic rings. The molecule has 6 heteroatoms. The highest BCUT2D eigenvalue weighted by Crippen LogP contribution is 2.32. The maximum Gasteiger partial charge on any atom is 0.405 e. The molecule has 2 nitrogen and oxygen atoms in total. The average Bonchev–Trinajstić information content (AvgIpc) is 2.37. The summed E-state index contributed by atoms with van der Waals surface area (Å²) in [5, 5.41) is 0. The number of halogens is 3. The van der Waals surface area contributed by atoms with E-state index in [9.17, 15) is 13.2 Å². The van der Waals surface area contributed by atoms with E-state index in [-0.39, 0.29) is 6.54 Å². The summed E-state index contributed by atoms with van der Waals surface area (Å²) in [6.07, 6.45) is -3.56. The maximum absolute atomic E-state index is 12.7. The Morgan fingerprint density at radius 1 is 1.25 bits per heavy atom. The second-order valence-electron chi connectivity index (χ2n) is 4.43. The van der Waals surface area contributed by atoms with Crippen LogP contribution in [0.2, 0.25) is 0 Å². The Bertz CT molecular complexity index is 421. The Morgan fingerprint density at radius 3 is 2.45 bits per heavy atom. The van der Waals surface area contributed by atoms with Crippen molar-refractivity contribution >= 4 is 17.4 Å². The molecule has 0 saturated heterocycles. The monoisotopic (exact) mass is 306 g/mol. The van der Waals surface area contributed by atoms with Gasteiger partial charge in [-0.1, -0.05) is 19.9 Å². The first kappa shape index (κ1) is 17.2. The SMILES string of the molecule is CCCN(CC(F)(F)F)c1cccc(SCC)c1CN. The van der Waals surface area contributed by atoms with Crippen LogP contribution in [0.3, 0.4) is 0 Å². The van der Waals surface area contributed by atoms with Gasteiger partial charge in [-0.15, -0.1) is 11.8 Å². The van der Waals surface area contributed by atoms with Crippen molar-refractivity contribution in [3.63, 3.8) is 0 Å². The van der Waals surface area contributed by atoms with E-state index in [1.54, 1.807) is 23.9 Å². The van der Waals surface area contributed by atoms with Gasteiger partial charge < -0.3 is 10.6 Å². The van der Waals surface area contributed by atoms with Crippen LogP contribution in [0.25, 0.3) is 0 Å². The number of rotatable bonds is 7. The molecular weight excluding hydrogens is 285 g/mol. The van der Waals surface area contributed by atoms with Crippen molar-refractivity contribution in [1.29, 1.82) is 0 Å². The number of thioether (sulfide) groups is 1. The Kier molecular flexibility index (Phi) is 6.68. The van der Waals surface area contributed by atoms with Gasteiger partial charge in [-0.05, 0) is 24.3 Å². The lowest BCUT2D eigenvalue weighted by molar-refractivity contribution is -0.119. The van der Waals surface area contributed by atoms with Crippen LogP contribution in [0, 0.1) is 0 Å². The third-order valence-corrected chi connectivity index (χ3v) is 3.80. The molecule has 2 N–H and O–H groups in total. The molecule has 0 heterocycles. The zero-order valence-electron chi connectivity index (χ0n) is 11.8. The molecular formula is C14H21F3N2S. The Balaban J connectivity index is 3.14. The molecule has 0 radical (unpaired) electrons. The van der Waals surface area contributed by atoms with Crippen LogP contribution in [0.5, 0.6) is 0 Å². The van der Waals surface area contributed by atoms with Gasteiger partial charge in [-0.25, -0.2) is 0 Å². The molecule has 0 amide bonds. The maximum atomic E-state index is 12.7. The van der Waals surface area contributed by atoms with Crippen molar-refractivity contribution in [2.24, 2.45) is 5.73 Å². The Labute approximate surface area is 122 Å². The van der Waals surface area contributed by atoms with Crippen molar-refractivity contribution in [1.82, 2.24) is 0 Å². The van der Waals surface area contributed by atoms with Gasteiger partial charge in [-0.2, -0.15) is 13.2 Å². The van der Waals surface area contributed by atoms with Crippen molar-refractivity contribution in [3.8, 4) is 0 Å². The molecule has 0 aliphatic carbocycles. The van der Waals surface area contributed by atoms with Crippen LogP contribution >= 0.6 is 11.8 Å². The molecule has 0 fully saturated rings. The third kappa shape index (κ3) is 4.90. The fraction of sp³-hybridized carbons (Fsp3) is 0.571. The van der Waals surface area contributed by atoms with E-state index in [0.29, 0.717) is 18.7 Å². The van der Waals surface area contributed by atoms with E-state index in [1.165, 1.54) is 4.90 Å². The molecule has 114 valence electrons. The first-order valence-electron chi connectivity index (χ1n) is 6.69. The van der Waals surface area contributed by atoms with Crippen molar-refractivity contribution < 1.29 is 13.2 Å². The van der Waals surface area contributed by atoms with E-state index in [2.05, 4.69) is 0 Å². The van der Waals surface area contributed by atoms with E-state index < -0.39 is 12.7 Å². The fourth-order valence-corrected chi connectivity index (χ4v) is 2.97. The molecule has 0 spiro atoms. The summed E-state index contributed by atoms with van der Waals surface area (Å²) < 4.78 is 38.2. The topological polar surface area (TPSA) is 29.3 Å². The number of anilines is 1. The van der Waals surface area contributed by atoms with Crippen molar-refractivity contribution in [2.75, 3.05) is 23.7 Å². The minimum Gasteiger partial charge on any atom is -0.362 e. The quantitative estimate of drug-likeness (QED) is 0.771. The summed E-state index contributed by atoms with van der Waals surface area (Å²) in [4.78, 5) is 2.35. The molecule has 0 unspecified atom stereocenters. The van der Waals surface area contributed by atoms with Crippen LogP contribution in [0.15, 0.2) is 23.1 Å². The largest absolute Gasteiger partial charge is 0.405 e. The molecule has 1 aromatic carbocycles. The molecule has 0 aliphatic heterocycles. The molecule has 0 saturated carbocycles. The summed E-state index contributed by atoms with van der Waals surface area (Å²) in [6.45, 7) is 3.56. The molecule has 0 aromatic heterocycles. The lowest BCUT2D eigenvalue weighted by Gasteiger charge is -2.28. The summed E-state index contributed by atoms with van der Waals surface area (Å²) in [6, 6.07) is 5.44. The van der Waals surface area contributed by atoms with E-state index in [0.717, 1.165) is 16.2 Å². The molecule has 0 bridgehead atoms. The van der Waals surface area contributed by atoms with Gasteiger partial charge in [0.2, 0.25) is 0 Å². The number of nitrogens with two attached hydrogens (primary N) is 1. The van der Waals surface area contributed by atoms with E-state index >= 15 is 0 Å². The highest BCUT2D eigenvalue weighted by molar-refractivity contribution is 7.99. The van der Waals surface area contributed by atoms with Crippen LogP contribution in [-0.2, 0) is 6.54 Å². The predicted molar refractivity (Wildman–Crippen MR) is 79.3 cm³/mol. The van der Waals surface area contributed by atoms with Gasteiger partial charge in [-0.3, -0.25) is 0 Å². The predicted octanol–water partition coefficient (Wildman–Crippen LogP) is 4.04. The highest BCUT2D eigenvalue weighted by Gasteiger charge is 2.31. The highest BCUT2D eigenvalue weighted by atomic mass is 32.2. The smallest absolute Gasteiger partial charge is 0.362 e.